The van der Waals surface area contributed by atoms with Crippen molar-refractivity contribution in [1.29, 1.82) is 0 Å². The van der Waals surface area contributed by atoms with Crippen LogP contribution in [-0.4, -0.2) is 13.2 Å². The summed E-state index contributed by atoms with van der Waals surface area (Å²) in [5, 5.41) is 0. The van der Waals surface area contributed by atoms with Crippen LogP contribution in [0.5, 0.6) is 0 Å². The number of benzene rings is 1. The SMILES string of the molecule is Cc1ccccc1C1CNOC1. The van der Waals surface area contributed by atoms with Gasteiger partial charge in [0.25, 0.3) is 0 Å². The summed E-state index contributed by atoms with van der Waals surface area (Å²) in [6, 6.07) is 8.48. The monoisotopic (exact) mass is 163 g/mol. The predicted octanol–water partition coefficient (Wildman–Crippen LogP) is 1.61. The summed E-state index contributed by atoms with van der Waals surface area (Å²) in [4.78, 5) is 5.12. The molecule has 1 heterocycles. The normalized spacial score (nSPS) is 22.9. The Labute approximate surface area is 72.5 Å². The van der Waals surface area contributed by atoms with Crippen molar-refractivity contribution in [3.05, 3.63) is 35.4 Å². The van der Waals surface area contributed by atoms with Crippen LogP contribution in [0.4, 0.5) is 0 Å². The molecular weight excluding hydrogens is 150 g/mol. The van der Waals surface area contributed by atoms with E-state index in [0.717, 1.165) is 13.2 Å². The number of hydrogen-bond donors (Lipinski definition) is 1. The molecule has 1 aromatic carbocycles. The molecule has 0 spiro atoms. The van der Waals surface area contributed by atoms with Crippen LogP contribution in [0.1, 0.15) is 17.0 Å². The zero-order valence-electron chi connectivity index (χ0n) is 7.21. The lowest BCUT2D eigenvalue weighted by molar-refractivity contribution is 0.101. The van der Waals surface area contributed by atoms with Gasteiger partial charge in [-0.3, -0.25) is 0 Å². The lowest BCUT2D eigenvalue weighted by Gasteiger charge is -2.09. The molecule has 1 aromatic rings. The zero-order chi connectivity index (χ0) is 8.39. The van der Waals surface area contributed by atoms with Crippen LogP contribution in [0.2, 0.25) is 0 Å². The van der Waals surface area contributed by atoms with Crippen molar-refractivity contribution in [1.82, 2.24) is 5.48 Å². The third kappa shape index (κ3) is 1.36. The molecule has 0 aromatic heterocycles. The minimum atomic E-state index is 0.534. The fraction of sp³-hybridized carbons (Fsp3) is 0.400. The van der Waals surface area contributed by atoms with Crippen LogP contribution in [0.3, 0.4) is 0 Å². The molecule has 12 heavy (non-hydrogen) atoms. The first-order chi connectivity index (χ1) is 5.88. The highest BCUT2D eigenvalue weighted by atomic mass is 16.7. The Morgan fingerprint density at radius 1 is 1.42 bits per heavy atom. The van der Waals surface area contributed by atoms with Gasteiger partial charge in [-0.15, -0.1) is 0 Å². The maximum absolute atomic E-state index is 5.12. The third-order valence-electron chi connectivity index (χ3n) is 2.34. The molecule has 64 valence electrons. The summed E-state index contributed by atoms with van der Waals surface area (Å²) in [5.74, 6) is 0.534. The molecule has 2 heteroatoms. The maximum atomic E-state index is 5.12. The highest BCUT2D eigenvalue weighted by Gasteiger charge is 2.18. The number of hydrogen-bond acceptors (Lipinski definition) is 2. The van der Waals surface area contributed by atoms with E-state index in [1.807, 2.05) is 0 Å². The summed E-state index contributed by atoms with van der Waals surface area (Å²) in [6.45, 7) is 3.88. The summed E-state index contributed by atoms with van der Waals surface area (Å²) < 4.78 is 0. The summed E-state index contributed by atoms with van der Waals surface area (Å²) in [7, 11) is 0. The maximum Gasteiger partial charge on any atom is 0.0763 e. The average Bonchev–Trinajstić information content (AvgIpc) is 2.57. The van der Waals surface area contributed by atoms with Gasteiger partial charge in [-0.2, -0.15) is 0 Å². The van der Waals surface area contributed by atoms with Crippen LogP contribution in [0.15, 0.2) is 24.3 Å². The first kappa shape index (κ1) is 7.77. The number of rotatable bonds is 1. The van der Waals surface area contributed by atoms with E-state index in [9.17, 15) is 0 Å². The van der Waals surface area contributed by atoms with Gasteiger partial charge in [0.2, 0.25) is 0 Å². The van der Waals surface area contributed by atoms with E-state index in [1.54, 1.807) is 0 Å². The average molecular weight is 163 g/mol. The Balaban J connectivity index is 2.26. The molecule has 0 bridgehead atoms. The molecule has 1 aliphatic heterocycles. The third-order valence-corrected chi connectivity index (χ3v) is 2.34. The highest BCUT2D eigenvalue weighted by Crippen LogP contribution is 2.21. The van der Waals surface area contributed by atoms with Crippen LogP contribution in [-0.2, 0) is 4.84 Å². The van der Waals surface area contributed by atoms with Gasteiger partial charge >= 0.3 is 0 Å². The topological polar surface area (TPSA) is 21.3 Å². The Kier molecular flexibility index (Phi) is 2.11. The van der Waals surface area contributed by atoms with Crippen LogP contribution >= 0.6 is 0 Å². The molecule has 1 atom stereocenters. The van der Waals surface area contributed by atoms with E-state index in [1.165, 1.54) is 11.1 Å². The second kappa shape index (κ2) is 3.25. The predicted molar refractivity (Wildman–Crippen MR) is 47.9 cm³/mol. The Morgan fingerprint density at radius 2 is 2.25 bits per heavy atom. The Morgan fingerprint density at radius 3 is 2.92 bits per heavy atom. The molecular formula is C10H13NO. The summed E-state index contributed by atoms with van der Waals surface area (Å²) >= 11 is 0. The molecule has 0 saturated carbocycles. The first-order valence-corrected chi connectivity index (χ1v) is 4.28. The van der Waals surface area contributed by atoms with Gasteiger partial charge in [0.1, 0.15) is 0 Å². The van der Waals surface area contributed by atoms with Gasteiger partial charge in [0.15, 0.2) is 0 Å². The fourth-order valence-corrected chi connectivity index (χ4v) is 1.62. The van der Waals surface area contributed by atoms with E-state index in [2.05, 4.69) is 36.7 Å². The van der Waals surface area contributed by atoms with Gasteiger partial charge in [0, 0.05) is 12.5 Å². The summed E-state index contributed by atoms with van der Waals surface area (Å²) in [6.07, 6.45) is 0. The quantitative estimate of drug-likeness (QED) is 0.679. The first-order valence-electron chi connectivity index (χ1n) is 4.28. The number of hydroxylamine groups is 1. The van der Waals surface area contributed by atoms with Crippen LogP contribution < -0.4 is 5.48 Å². The Hall–Kier alpha value is -0.860. The van der Waals surface area contributed by atoms with Crippen molar-refractivity contribution in [2.24, 2.45) is 0 Å². The van der Waals surface area contributed by atoms with Gasteiger partial charge in [0.05, 0.1) is 6.61 Å². The minimum absolute atomic E-state index is 0.534. The highest BCUT2D eigenvalue weighted by molar-refractivity contribution is 5.29. The molecule has 2 nitrogen and oxygen atoms in total. The van der Waals surface area contributed by atoms with E-state index >= 15 is 0 Å². The smallest absolute Gasteiger partial charge is 0.0763 e. The molecule has 0 radical (unpaired) electrons. The fourth-order valence-electron chi connectivity index (χ4n) is 1.62. The van der Waals surface area contributed by atoms with Gasteiger partial charge in [-0.1, -0.05) is 24.3 Å². The van der Waals surface area contributed by atoms with E-state index in [0.29, 0.717) is 5.92 Å². The Bertz CT molecular complexity index is 266. The lowest BCUT2D eigenvalue weighted by Crippen LogP contribution is -2.07. The molecule has 1 fully saturated rings. The van der Waals surface area contributed by atoms with E-state index < -0.39 is 0 Å². The van der Waals surface area contributed by atoms with Crippen molar-refractivity contribution < 1.29 is 4.84 Å². The van der Waals surface area contributed by atoms with Crippen molar-refractivity contribution in [3.8, 4) is 0 Å². The van der Waals surface area contributed by atoms with Crippen LogP contribution in [0.25, 0.3) is 0 Å². The van der Waals surface area contributed by atoms with Crippen molar-refractivity contribution >= 4 is 0 Å². The molecule has 0 aliphatic carbocycles. The van der Waals surface area contributed by atoms with Gasteiger partial charge in [-0.25, -0.2) is 5.48 Å². The molecule has 1 N–H and O–H groups in total. The van der Waals surface area contributed by atoms with Gasteiger partial charge in [-0.05, 0) is 18.1 Å². The lowest BCUT2D eigenvalue weighted by atomic mass is 9.96. The van der Waals surface area contributed by atoms with E-state index in [4.69, 9.17) is 4.84 Å². The van der Waals surface area contributed by atoms with Crippen molar-refractivity contribution in [2.75, 3.05) is 13.2 Å². The minimum Gasteiger partial charge on any atom is -0.301 e. The van der Waals surface area contributed by atoms with Crippen LogP contribution in [0, 0.1) is 6.92 Å². The molecule has 1 unspecified atom stereocenters. The van der Waals surface area contributed by atoms with Crippen molar-refractivity contribution in [2.45, 2.75) is 12.8 Å². The van der Waals surface area contributed by atoms with E-state index in [-0.39, 0.29) is 0 Å². The zero-order valence-corrected chi connectivity index (χ0v) is 7.21. The number of aryl methyl sites for hydroxylation is 1. The molecule has 1 aliphatic rings. The summed E-state index contributed by atoms with van der Waals surface area (Å²) in [5.41, 5.74) is 5.66. The largest absolute Gasteiger partial charge is 0.301 e. The molecule has 2 rings (SSSR count). The molecule has 0 amide bonds. The second-order valence-electron chi connectivity index (χ2n) is 3.21. The van der Waals surface area contributed by atoms with Crippen molar-refractivity contribution in [3.63, 3.8) is 0 Å². The standard InChI is InChI=1S/C10H13NO/c1-8-4-2-3-5-10(8)9-6-11-12-7-9/h2-5,9,11H,6-7H2,1H3. The second-order valence-corrected chi connectivity index (χ2v) is 3.21. The number of nitrogens with one attached hydrogen (secondary N) is 1. The van der Waals surface area contributed by atoms with Gasteiger partial charge < -0.3 is 4.84 Å². The molecule has 1 saturated heterocycles.